The maximum absolute atomic E-state index is 11.4. The molecule has 9 heteroatoms. The van der Waals surface area contributed by atoms with E-state index >= 15 is 0 Å². The van der Waals surface area contributed by atoms with E-state index in [1.54, 1.807) is 38.1 Å². The Hall–Kier alpha value is -2.29. The van der Waals surface area contributed by atoms with Crippen LogP contribution >= 0.6 is 0 Å². The molecule has 0 bridgehead atoms. The molecule has 0 amide bonds. The molecule has 0 spiro atoms. The van der Waals surface area contributed by atoms with Crippen molar-refractivity contribution in [3.05, 3.63) is 24.3 Å². The molecule has 0 heterocycles. The minimum absolute atomic E-state index is 0.355. The largest absolute Gasteiger partial charge is 0.461 e. The smallest absolute Gasteiger partial charge is 0.302 e. The monoisotopic (exact) mass is 386 g/mol. The van der Waals surface area contributed by atoms with Gasteiger partial charge >= 0.3 is 11.9 Å². The lowest BCUT2D eigenvalue weighted by atomic mass is 10.2. The third kappa shape index (κ3) is 8.70. The molecule has 0 saturated carbocycles. The molecule has 0 saturated heterocycles. The molecule has 2 atom stereocenters. The number of rotatable bonds is 9. The van der Waals surface area contributed by atoms with Gasteiger partial charge in [0.05, 0.1) is 25.0 Å². The number of anilines is 2. The second-order valence-electron chi connectivity index (χ2n) is 6.17. The lowest BCUT2D eigenvalue weighted by molar-refractivity contribution is -0.145. The second kappa shape index (κ2) is 9.42. The summed E-state index contributed by atoms with van der Waals surface area (Å²) in [5.74, 6) is -0.782. The van der Waals surface area contributed by atoms with Crippen molar-refractivity contribution >= 4 is 33.3 Å². The number of carbonyl (C=O) groups is 2. The van der Waals surface area contributed by atoms with E-state index in [0.717, 1.165) is 6.26 Å². The van der Waals surface area contributed by atoms with Crippen LogP contribution in [0.1, 0.15) is 27.7 Å². The lowest BCUT2D eigenvalue weighted by Crippen LogP contribution is -2.39. The maximum atomic E-state index is 11.4. The molecule has 8 nitrogen and oxygen atoms in total. The zero-order chi connectivity index (χ0) is 19.9. The molecule has 0 aliphatic carbocycles. The molecule has 1 aromatic rings. The third-order valence-electron chi connectivity index (χ3n) is 3.20. The zero-order valence-electron chi connectivity index (χ0n) is 15.7. The first-order chi connectivity index (χ1) is 12.0. The highest BCUT2D eigenvalue weighted by atomic mass is 32.2. The van der Waals surface area contributed by atoms with Gasteiger partial charge in [-0.1, -0.05) is 6.07 Å². The minimum atomic E-state index is -3.40. The van der Waals surface area contributed by atoms with E-state index < -0.39 is 34.2 Å². The SMILES string of the molecule is CC(=O)OC(C)CN(CC(C)OC(C)=O)c1cccc(NS(C)(=O)=O)c1. The number of hydrogen-bond donors (Lipinski definition) is 1. The quantitative estimate of drug-likeness (QED) is 0.645. The normalized spacial score (nSPS) is 13.4. The number of carbonyl (C=O) groups excluding carboxylic acids is 2. The first-order valence-electron chi connectivity index (χ1n) is 8.13. The van der Waals surface area contributed by atoms with Gasteiger partial charge in [0, 0.05) is 19.5 Å². The van der Waals surface area contributed by atoms with Crippen LogP contribution in [-0.4, -0.2) is 51.9 Å². The Morgan fingerprint density at radius 3 is 2.00 bits per heavy atom. The van der Waals surface area contributed by atoms with E-state index in [9.17, 15) is 18.0 Å². The number of benzene rings is 1. The number of ether oxygens (including phenoxy) is 2. The van der Waals surface area contributed by atoms with Gasteiger partial charge in [-0.2, -0.15) is 0 Å². The molecule has 0 aliphatic heterocycles. The first kappa shape index (κ1) is 21.8. The summed E-state index contributed by atoms with van der Waals surface area (Å²) in [5, 5.41) is 0. The average Bonchev–Trinajstić information content (AvgIpc) is 2.43. The van der Waals surface area contributed by atoms with Crippen LogP contribution in [0.2, 0.25) is 0 Å². The molecule has 1 aromatic carbocycles. The van der Waals surface area contributed by atoms with Crippen molar-refractivity contribution in [3.8, 4) is 0 Å². The van der Waals surface area contributed by atoms with Gasteiger partial charge in [0.1, 0.15) is 12.2 Å². The number of sulfonamides is 1. The Kier molecular flexibility index (Phi) is 7.88. The number of nitrogens with zero attached hydrogens (tertiary/aromatic N) is 1. The van der Waals surface area contributed by atoms with E-state index in [0.29, 0.717) is 24.5 Å². The van der Waals surface area contributed by atoms with Gasteiger partial charge in [0.2, 0.25) is 10.0 Å². The predicted molar refractivity (Wildman–Crippen MR) is 99.6 cm³/mol. The fourth-order valence-corrected chi connectivity index (χ4v) is 3.08. The molecular formula is C17H26N2O6S. The van der Waals surface area contributed by atoms with Crippen molar-refractivity contribution in [3.63, 3.8) is 0 Å². The van der Waals surface area contributed by atoms with E-state index in [4.69, 9.17) is 9.47 Å². The Bertz CT molecular complexity index is 711. The summed E-state index contributed by atoms with van der Waals surface area (Å²) in [7, 11) is -3.40. The van der Waals surface area contributed by atoms with Crippen molar-refractivity contribution in [1.29, 1.82) is 0 Å². The number of esters is 2. The van der Waals surface area contributed by atoms with Gasteiger partial charge in [0.25, 0.3) is 0 Å². The van der Waals surface area contributed by atoms with Crippen LogP contribution in [0.5, 0.6) is 0 Å². The standard InChI is InChI=1S/C17H26N2O6S/c1-12(24-14(3)20)10-19(11-13(2)25-15(4)21)17-8-6-7-16(9-17)18-26(5,22)23/h6-9,12-13,18H,10-11H2,1-5H3. The Morgan fingerprint density at radius 1 is 1.08 bits per heavy atom. The van der Waals surface area contributed by atoms with Crippen LogP contribution in [0.15, 0.2) is 24.3 Å². The van der Waals surface area contributed by atoms with E-state index in [-0.39, 0.29) is 0 Å². The van der Waals surface area contributed by atoms with Crippen LogP contribution in [0, 0.1) is 0 Å². The maximum Gasteiger partial charge on any atom is 0.302 e. The molecule has 1 N–H and O–H groups in total. The van der Waals surface area contributed by atoms with Crippen LogP contribution in [0.25, 0.3) is 0 Å². The molecule has 0 aromatic heterocycles. The number of nitrogens with one attached hydrogen (secondary N) is 1. The minimum Gasteiger partial charge on any atom is -0.461 e. The van der Waals surface area contributed by atoms with Gasteiger partial charge < -0.3 is 14.4 Å². The van der Waals surface area contributed by atoms with Crippen molar-refractivity contribution in [2.45, 2.75) is 39.9 Å². The summed E-state index contributed by atoms with van der Waals surface area (Å²) in [6.45, 7) is 6.88. The van der Waals surface area contributed by atoms with E-state index in [1.165, 1.54) is 13.8 Å². The second-order valence-corrected chi connectivity index (χ2v) is 7.92. The van der Waals surface area contributed by atoms with Crippen LogP contribution in [0.3, 0.4) is 0 Å². The van der Waals surface area contributed by atoms with Gasteiger partial charge in [-0.05, 0) is 32.0 Å². The first-order valence-corrected chi connectivity index (χ1v) is 10.0. The molecule has 0 fully saturated rings. The van der Waals surface area contributed by atoms with Crippen molar-refractivity contribution in [1.82, 2.24) is 0 Å². The molecule has 0 aliphatic rings. The van der Waals surface area contributed by atoms with Crippen LogP contribution in [0.4, 0.5) is 11.4 Å². The van der Waals surface area contributed by atoms with Crippen molar-refractivity contribution < 1.29 is 27.5 Å². The van der Waals surface area contributed by atoms with Crippen molar-refractivity contribution in [2.24, 2.45) is 0 Å². The third-order valence-corrected chi connectivity index (χ3v) is 3.81. The summed E-state index contributed by atoms with van der Waals surface area (Å²) >= 11 is 0. The molecule has 26 heavy (non-hydrogen) atoms. The van der Waals surface area contributed by atoms with E-state index in [2.05, 4.69) is 4.72 Å². The summed E-state index contributed by atoms with van der Waals surface area (Å²) in [6, 6.07) is 6.81. The molecule has 1 rings (SSSR count). The lowest BCUT2D eigenvalue weighted by Gasteiger charge is -2.30. The van der Waals surface area contributed by atoms with Crippen LogP contribution in [-0.2, 0) is 29.1 Å². The molecule has 0 radical (unpaired) electrons. The highest BCUT2D eigenvalue weighted by Crippen LogP contribution is 2.21. The van der Waals surface area contributed by atoms with Crippen LogP contribution < -0.4 is 9.62 Å². The Morgan fingerprint density at radius 2 is 1.58 bits per heavy atom. The highest BCUT2D eigenvalue weighted by molar-refractivity contribution is 7.92. The molecule has 146 valence electrons. The van der Waals surface area contributed by atoms with Gasteiger partial charge in [-0.3, -0.25) is 14.3 Å². The number of hydrogen-bond acceptors (Lipinski definition) is 7. The fourth-order valence-electron chi connectivity index (χ4n) is 2.53. The fraction of sp³-hybridized carbons (Fsp3) is 0.529. The predicted octanol–water partition coefficient (Wildman–Crippen LogP) is 1.77. The van der Waals surface area contributed by atoms with Gasteiger partial charge in [-0.15, -0.1) is 0 Å². The molecule has 2 unspecified atom stereocenters. The van der Waals surface area contributed by atoms with Crippen molar-refractivity contribution in [2.75, 3.05) is 29.0 Å². The molecular weight excluding hydrogens is 360 g/mol. The topological polar surface area (TPSA) is 102 Å². The summed E-state index contributed by atoms with van der Waals surface area (Å²) < 4.78 is 35.7. The van der Waals surface area contributed by atoms with Gasteiger partial charge in [0.15, 0.2) is 0 Å². The Balaban J connectivity index is 3.04. The van der Waals surface area contributed by atoms with E-state index in [1.807, 2.05) is 4.90 Å². The highest BCUT2D eigenvalue weighted by Gasteiger charge is 2.18. The average molecular weight is 386 g/mol. The zero-order valence-corrected chi connectivity index (χ0v) is 16.5. The summed E-state index contributed by atoms with van der Waals surface area (Å²) in [4.78, 5) is 24.2. The van der Waals surface area contributed by atoms with Gasteiger partial charge in [-0.25, -0.2) is 8.42 Å². The summed E-state index contributed by atoms with van der Waals surface area (Å²) in [6.07, 6.45) is 0.273. The summed E-state index contributed by atoms with van der Waals surface area (Å²) in [5.41, 5.74) is 1.12. The Labute approximate surface area is 154 Å².